The molecule has 0 aliphatic carbocycles. The van der Waals surface area contributed by atoms with Crippen molar-refractivity contribution in [1.29, 1.82) is 10.5 Å². The molecule has 0 unspecified atom stereocenters. The molecule has 19 heavy (non-hydrogen) atoms. The summed E-state index contributed by atoms with van der Waals surface area (Å²) in [7, 11) is 0. The fourth-order valence-electron chi connectivity index (χ4n) is 1.73. The van der Waals surface area contributed by atoms with E-state index in [9.17, 15) is 0 Å². The van der Waals surface area contributed by atoms with Crippen LogP contribution in [0.4, 0.5) is 5.69 Å². The molecule has 2 aromatic rings. The van der Waals surface area contributed by atoms with Gasteiger partial charge in [0.05, 0.1) is 22.3 Å². The van der Waals surface area contributed by atoms with Crippen LogP contribution in [0.2, 0.25) is 0 Å². The molecule has 1 heterocycles. The minimum atomic E-state index is 0.404. The molecule has 4 nitrogen and oxygen atoms in total. The van der Waals surface area contributed by atoms with Gasteiger partial charge in [-0.25, -0.2) is 4.98 Å². The Labute approximate surface area is 116 Å². The summed E-state index contributed by atoms with van der Waals surface area (Å²) in [4.78, 5) is 5.47. The zero-order chi connectivity index (χ0) is 13.7. The van der Waals surface area contributed by atoms with Gasteiger partial charge in [-0.1, -0.05) is 0 Å². The first kappa shape index (κ1) is 13.1. The normalized spacial score (nSPS) is 9.63. The number of aromatic nitrogens is 1. The van der Waals surface area contributed by atoms with E-state index in [1.165, 1.54) is 4.88 Å². The average molecular weight is 268 g/mol. The number of nitriles is 2. The number of benzene rings is 1. The third kappa shape index (κ3) is 3.09. The first-order chi connectivity index (χ1) is 9.24. The van der Waals surface area contributed by atoms with Gasteiger partial charge in [-0.3, -0.25) is 0 Å². The van der Waals surface area contributed by atoms with Crippen molar-refractivity contribution in [2.45, 2.75) is 13.3 Å². The van der Waals surface area contributed by atoms with Gasteiger partial charge in [0.1, 0.15) is 12.1 Å². The second-order valence-electron chi connectivity index (χ2n) is 4.02. The number of aryl methyl sites for hydroxylation is 1. The minimum Gasteiger partial charge on any atom is -0.385 e. The van der Waals surface area contributed by atoms with Gasteiger partial charge >= 0.3 is 0 Å². The summed E-state index contributed by atoms with van der Waals surface area (Å²) in [5.41, 5.74) is 4.59. The summed E-state index contributed by atoms with van der Waals surface area (Å²) in [5.74, 6) is 0. The van der Waals surface area contributed by atoms with Crippen LogP contribution >= 0.6 is 11.3 Å². The van der Waals surface area contributed by atoms with Crippen molar-refractivity contribution < 1.29 is 0 Å². The second kappa shape index (κ2) is 5.99. The predicted molar refractivity (Wildman–Crippen MR) is 74.9 cm³/mol. The van der Waals surface area contributed by atoms with Gasteiger partial charge in [0.2, 0.25) is 0 Å². The lowest BCUT2D eigenvalue weighted by molar-refractivity contribution is 1.02. The molecule has 0 saturated carbocycles. The van der Waals surface area contributed by atoms with Crippen LogP contribution in [-0.2, 0) is 6.42 Å². The first-order valence-electron chi connectivity index (χ1n) is 5.81. The molecule has 0 atom stereocenters. The quantitative estimate of drug-likeness (QED) is 0.925. The van der Waals surface area contributed by atoms with E-state index in [2.05, 4.69) is 10.3 Å². The van der Waals surface area contributed by atoms with Crippen molar-refractivity contribution in [2.75, 3.05) is 11.9 Å². The van der Waals surface area contributed by atoms with E-state index < -0.39 is 0 Å². The fourth-order valence-corrected chi connectivity index (χ4v) is 2.51. The lowest BCUT2D eigenvalue weighted by Gasteiger charge is -2.06. The lowest BCUT2D eigenvalue weighted by Crippen LogP contribution is -2.05. The second-order valence-corrected chi connectivity index (χ2v) is 4.96. The van der Waals surface area contributed by atoms with Gasteiger partial charge in [-0.15, -0.1) is 11.3 Å². The molecule has 94 valence electrons. The Balaban J connectivity index is 1.99. The Kier molecular flexibility index (Phi) is 4.12. The lowest BCUT2D eigenvalue weighted by atomic mass is 10.1. The number of hydrogen-bond donors (Lipinski definition) is 1. The molecule has 0 fully saturated rings. The van der Waals surface area contributed by atoms with Crippen LogP contribution in [0.1, 0.15) is 21.7 Å². The molecule has 5 heteroatoms. The van der Waals surface area contributed by atoms with Crippen LogP contribution < -0.4 is 5.32 Å². The van der Waals surface area contributed by atoms with E-state index in [0.717, 1.165) is 24.3 Å². The number of rotatable bonds is 4. The highest BCUT2D eigenvalue weighted by Gasteiger charge is 2.04. The maximum absolute atomic E-state index is 8.95. The Morgan fingerprint density at radius 1 is 1.26 bits per heavy atom. The van der Waals surface area contributed by atoms with E-state index >= 15 is 0 Å². The Hall–Kier alpha value is -2.37. The molecule has 1 aromatic heterocycles. The molecular formula is C14H12N4S. The molecule has 1 aromatic carbocycles. The van der Waals surface area contributed by atoms with Crippen molar-refractivity contribution in [3.8, 4) is 12.1 Å². The maximum atomic E-state index is 8.95. The van der Waals surface area contributed by atoms with Gasteiger partial charge < -0.3 is 5.32 Å². The summed E-state index contributed by atoms with van der Waals surface area (Å²) in [6, 6.07) is 9.22. The zero-order valence-electron chi connectivity index (χ0n) is 10.5. The van der Waals surface area contributed by atoms with Crippen molar-refractivity contribution in [2.24, 2.45) is 0 Å². The number of anilines is 1. The largest absolute Gasteiger partial charge is 0.385 e. The van der Waals surface area contributed by atoms with Crippen LogP contribution in [-0.4, -0.2) is 11.5 Å². The Morgan fingerprint density at radius 2 is 2.05 bits per heavy atom. The smallest absolute Gasteiger partial charge is 0.101 e. The number of hydrogen-bond acceptors (Lipinski definition) is 5. The third-order valence-electron chi connectivity index (χ3n) is 2.79. The number of thiazole rings is 1. The van der Waals surface area contributed by atoms with Crippen LogP contribution in [0.5, 0.6) is 0 Å². The van der Waals surface area contributed by atoms with Crippen molar-refractivity contribution in [3.63, 3.8) is 0 Å². The van der Waals surface area contributed by atoms with Gasteiger partial charge in [-0.05, 0) is 25.1 Å². The fraction of sp³-hybridized carbons (Fsp3) is 0.214. The molecule has 0 aliphatic heterocycles. The summed E-state index contributed by atoms with van der Waals surface area (Å²) < 4.78 is 0. The van der Waals surface area contributed by atoms with Crippen LogP contribution in [0.15, 0.2) is 23.7 Å². The predicted octanol–water partition coefficient (Wildman–Crippen LogP) is 2.85. The summed E-state index contributed by atoms with van der Waals surface area (Å²) in [5, 5.41) is 21.1. The monoisotopic (exact) mass is 268 g/mol. The van der Waals surface area contributed by atoms with E-state index in [4.69, 9.17) is 10.5 Å². The Bertz CT molecular complexity index is 661. The first-order valence-corrected chi connectivity index (χ1v) is 6.69. The molecule has 0 saturated heterocycles. The van der Waals surface area contributed by atoms with Gasteiger partial charge in [-0.2, -0.15) is 10.5 Å². The molecule has 1 N–H and O–H groups in total. The van der Waals surface area contributed by atoms with E-state index in [0.29, 0.717) is 11.1 Å². The minimum absolute atomic E-state index is 0.404. The maximum Gasteiger partial charge on any atom is 0.101 e. The van der Waals surface area contributed by atoms with Gasteiger partial charge in [0, 0.05) is 23.5 Å². The molecule has 0 aliphatic rings. The number of nitrogens with one attached hydrogen (secondary N) is 1. The summed E-state index contributed by atoms with van der Waals surface area (Å²) >= 11 is 1.65. The van der Waals surface area contributed by atoms with Crippen molar-refractivity contribution in [1.82, 2.24) is 4.98 Å². The molecule has 0 amide bonds. The third-order valence-corrected chi connectivity index (χ3v) is 3.78. The SMILES string of the molecule is Cc1ncsc1CCNc1ccc(C#N)c(C#N)c1. The summed E-state index contributed by atoms with van der Waals surface area (Å²) in [6.07, 6.45) is 0.901. The van der Waals surface area contributed by atoms with E-state index in [1.54, 1.807) is 23.5 Å². The average Bonchev–Trinajstić information content (AvgIpc) is 2.84. The van der Waals surface area contributed by atoms with Crippen molar-refractivity contribution >= 4 is 17.0 Å². The van der Waals surface area contributed by atoms with Crippen molar-refractivity contribution in [3.05, 3.63) is 45.4 Å². The van der Waals surface area contributed by atoms with Gasteiger partial charge in [0.15, 0.2) is 0 Å². The topological polar surface area (TPSA) is 72.5 Å². The zero-order valence-corrected chi connectivity index (χ0v) is 11.3. The van der Waals surface area contributed by atoms with Crippen LogP contribution in [0.25, 0.3) is 0 Å². The highest BCUT2D eigenvalue weighted by atomic mass is 32.1. The molecule has 2 rings (SSSR count). The number of nitrogens with zero attached hydrogens (tertiary/aromatic N) is 3. The molecule has 0 bridgehead atoms. The highest BCUT2D eigenvalue weighted by Crippen LogP contribution is 2.16. The summed E-state index contributed by atoms with van der Waals surface area (Å²) in [6.45, 7) is 2.78. The Morgan fingerprint density at radius 3 is 2.68 bits per heavy atom. The molecule has 0 radical (unpaired) electrons. The van der Waals surface area contributed by atoms with E-state index in [-0.39, 0.29) is 0 Å². The van der Waals surface area contributed by atoms with Crippen LogP contribution in [0.3, 0.4) is 0 Å². The highest BCUT2D eigenvalue weighted by molar-refractivity contribution is 7.09. The van der Waals surface area contributed by atoms with E-state index in [1.807, 2.05) is 30.6 Å². The standard InChI is InChI=1S/C14H12N4S/c1-10-14(19-9-18-10)4-5-17-13-3-2-11(7-15)12(6-13)8-16/h2-3,6,9,17H,4-5H2,1H3. The molecule has 0 spiro atoms. The molecular weight excluding hydrogens is 256 g/mol. The van der Waals surface area contributed by atoms with Crippen LogP contribution in [0, 0.1) is 29.6 Å². The van der Waals surface area contributed by atoms with Gasteiger partial charge in [0.25, 0.3) is 0 Å².